The molecule has 9 nitrogen and oxygen atoms in total. The summed E-state index contributed by atoms with van der Waals surface area (Å²) < 4.78 is 47.0. The number of piperidine rings is 1. The number of piperazine rings is 1. The molecule has 3 aromatic carbocycles. The minimum absolute atomic E-state index is 0.0519. The van der Waals surface area contributed by atoms with Gasteiger partial charge in [0.05, 0.1) is 11.5 Å². The third-order valence-electron chi connectivity index (χ3n) is 10.1. The molecule has 7 rings (SSSR count). The van der Waals surface area contributed by atoms with Gasteiger partial charge in [0.15, 0.2) is 6.29 Å². The number of anilines is 3. The Kier molecular flexibility index (Phi) is 9.04. The number of carbonyl (C=O) groups excluding carboxylic acids is 3. The Balaban J connectivity index is 0.986. The summed E-state index contributed by atoms with van der Waals surface area (Å²) >= 11 is 0. The van der Waals surface area contributed by atoms with Crippen molar-refractivity contribution in [3.05, 3.63) is 99.9 Å². The van der Waals surface area contributed by atoms with Gasteiger partial charge in [-0.2, -0.15) is 5.10 Å². The summed E-state index contributed by atoms with van der Waals surface area (Å²) in [6.45, 7) is 9.67. The van der Waals surface area contributed by atoms with Crippen LogP contribution < -0.4 is 15.5 Å². The van der Waals surface area contributed by atoms with Gasteiger partial charge in [0.2, 0.25) is 11.8 Å². The number of aryl methyl sites for hydroxylation is 2. The molecular weight excluding hydrogens is 645 g/mol. The fourth-order valence-electron chi connectivity index (χ4n) is 7.24. The van der Waals surface area contributed by atoms with Gasteiger partial charge in [-0.15, -0.1) is 0 Å². The average molecular weight is 683 g/mol. The summed E-state index contributed by atoms with van der Waals surface area (Å²) in [6, 6.07) is 12.2. The zero-order valence-corrected chi connectivity index (χ0v) is 27.7. The minimum atomic E-state index is -1.01. The first-order valence-electron chi connectivity index (χ1n) is 16.8. The van der Waals surface area contributed by atoms with Crippen LogP contribution in [0.4, 0.5) is 30.4 Å². The third-order valence-corrected chi connectivity index (χ3v) is 10.1. The van der Waals surface area contributed by atoms with E-state index in [9.17, 15) is 23.2 Å². The second-order valence-electron chi connectivity index (χ2n) is 13.1. The largest absolute Gasteiger partial charge is 0.369 e. The number of hydrogen-bond donors (Lipinski definition) is 2. The van der Waals surface area contributed by atoms with E-state index in [2.05, 4.69) is 38.2 Å². The lowest BCUT2D eigenvalue weighted by Crippen LogP contribution is -2.47. The van der Waals surface area contributed by atoms with Gasteiger partial charge in [-0.3, -0.25) is 24.6 Å². The normalized spacial score (nSPS) is 17.8. The number of hydrogen-bond acceptors (Lipinski definition) is 7. The number of nitrogens with zero attached hydrogens (tertiary/aromatic N) is 4. The van der Waals surface area contributed by atoms with Crippen molar-refractivity contribution in [2.24, 2.45) is 0 Å². The van der Waals surface area contributed by atoms with Crippen LogP contribution in [0.3, 0.4) is 0 Å². The summed E-state index contributed by atoms with van der Waals surface area (Å²) in [5, 5.41) is 10.2. The van der Waals surface area contributed by atoms with Gasteiger partial charge in [-0.25, -0.2) is 17.9 Å². The summed E-state index contributed by atoms with van der Waals surface area (Å²) in [7, 11) is 0. The van der Waals surface area contributed by atoms with Crippen molar-refractivity contribution in [1.29, 1.82) is 0 Å². The number of rotatable bonds is 8. The number of fused-ring (bicyclic) bond motifs is 2. The van der Waals surface area contributed by atoms with Crippen LogP contribution in [-0.2, 0) is 29.0 Å². The zero-order valence-electron chi connectivity index (χ0n) is 27.7. The lowest BCUT2D eigenvalue weighted by atomic mass is 9.89. The standard InChI is InChI=1S/C38H37F3N6O3/c1-3-24-4-6-28(35(41)22(24)2)36-29(21-48)37-42-32-8-5-26(20-25(32)11-13-47(37)44-36)46-16-14-45(15-17-46)12-10-23-18-30(39)34(31(40)19-23)27-7-9-33(49)43-38(27)50/h3-6,8,18-21,27,42H,1,7,9-17H2,2H3,(H,43,49,50)/t27-/m1/s1. The topological polar surface area (TPSA) is 99.6 Å². The van der Waals surface area contributed by atoms with Gasteiger partial charge < -0.3 is 10.2 Å². The molecule has 0 spiro atoms. The molecule has 0 bridgehead atoms. The smallest absolute Gasteiger partial charge is 0.234 e. The van der Waals surface area contributed by atoms with Gasteiger partial charge >= 0.3 is 0 Å². The quantitative estimate of drug-likeness (QED) is 0.176. The number of imide groups is 1. The fraction of sp³-hybridized carbons (Fsp3) is 0.316. The molecule has 0 aliphatic carbocycles. The van der Waals surface area contributed by atoms with Crippen LogP contribution in [0.5, 0.6) is 0 Å². The van der Waals surface area contributed by atoms with Crippen molar-refractivity contribution >= 4 is 41.4 Å². The molecule has 12 heteroatoms. The molecule has 2 fully saturated rings. The van der Waals surface area contributed by atoms with Crippen molar-refractivity contribution in [3.8, 4) is 11.3 Å². The highest BCUT2D eigenvalue weighted by atomic mass is 19.1. The Bertz CT molecular complexity index is 2010. The van der Waals surface area contributed by atoms with E-state index in [4.69, 9.17) is 0 Å². The van der Waals surface area contributed by atoms with E-state index >= 15 is 4.39 Å². The zero-order chi connectivity index (χ0) is 35.1. The summed E-state index contributed by atoms with van der Waals surface area (Å²) in [6.07, 6.45) is 3.58. The number of carbonyl (C=O) groups is 3. The van der Waals surface area contributed by atoms with Gasteiger partial charge in [0, 0.05) is 68.2 Å². The molecular formula is C38H37F3N6O3. The van der Waals surface area contributed by atoms with Crippen molar-refractivity contribution in [2.45, 2.75) is 45.1 Å². The molecule has 3 aliphatic heterocycles. The van der Waals surface area contributed by atoms with Gasteiger partial charge in [-0.1, -0.05) is 18.7 Å². The van der Waals surface area contributed by atoms with Crippen LogP contribution in [0.1, 0.15) is 56.9 Å². The van der Waals surface area contributed by atoms with Crippen LogP contribution in [-0.4, -0.2) is 65.5 Å². The molecule has 0 unspecified atom stereocenters. The maximum Gasteiger partial charge on any atom is 0.234 e. The molecule has 1 atom stereocenters. The molecule has 0 radical (unpaired) electrons. The van der Waals surface area contributed by atoms with Crippen LogP contribution in [0.2, 0.25) is 0 Å². The molecule has 50 heavy (non-hydrogen) atoms. The number of aromatic nitrogens is 2. The van der Waals surface area contributed by atoms with E-state index in [0.717, 1.165) is 49.4 Å². The van der Waals surface area contributed by atoms with Gasteiger partial charge in [-0.05, 0) is 84.8 Å². The molecule has 0 saturated carbocycles. The van der Waals surface area contributed by atoms with Crippen molar-refractivity contribution in [3.63, 3.8) is 0 Å². The molecule has 2 saturated heterocycles. The number of nitrogens with one attached hydrogen (secondary N) is 2. The number of amides is 2. The number of benzene rings is 3. The van der Waals surface area contributed by atoms with E-state index in [1.165, 1.54) is 12.1 Å². The van der Waals surface area contributed by atoms with Crippen molar-refractivity contribution in [2.75, 3.05) is 42.9 Å². The third kappa shape index (κ3) is 6.19. The first kappa shape index (κ1) is 33.3. The number of aldehydes is 1. The highest BCUT2D eigenvalue weighted by Crippen LogP contribution is 2.37. The monoisotopic (exact) mass is 682 g/mol. The van der Waals surface area contributed by atoms with Crippen LogP contribution >= 0.6 is 0 Å². The lowest BCUT2D eigenvalue weighted by Gasteiger charge is -2.36. The van der Waals surface area contributed by atoms with Crippen molar-refractivity contribution in [1.82, 2.24) is 20.0 Å². The molecule has 258 valence electrons. The Hall–Kier alpha value is -5.23. The van der Waals surface area contributed by atoms with Crippen molar-refractivity contribution < 1.29 is 27.6 Å². The first-order chi connectivity index (χ1) is 24.1. The van der Waals surface area contributed by atoms with Crippen LogP contribution in [0.25, 0.3) is 17.3 Å². The minimum Gasteiger partial charge on any atom is -0.369 e. The lowest BCUT2D eigenvalue weighted by molar-refractivity contribution is -0.134. The van der Waals surface area contributed by atoms with Gasteiger partial charge in [0.1, 0.15) is 29.0 Å². The molecule has 3 aliphatic rings. The van der Waals surface area contributed by atoms with E-state index in [0.29, 0.717) is 59.7 Å². The SMILES string of the molecule is C=Cc1ccc(-c2nn3c(c2C=O)Nc2ccc(N4CCN(CCc5cc(F)c([C@H]6CCC(=O)NC6=O)c(F)c5)CC4)cc2CC3)c(F)c1C. The Morgan fingerprint density at radius 1 is 0.960 bits per heavy atom. The second-order valence-corrected chi connectivity index (χ2v) is 13.1. The predicted molar refractivity (Wildman–Crippen MR) is 185 cm³/mol. The maximum absolute atomic E-state index is 15.3. The Morgan fingerprint density at radius 3 is 2.42 bits per heavy atom. The number of halogens is 3. The Labute approximate surface area is 287 Å². The summed E-state index contributed by atoms with van der Waals surface area (Å²) in [5.41, 5.74) is 5.28. The summed E-state index contributed by atoms with van der Waals surface area (Å²) in [5.74, 6) is -3.51. The fourth-order valence-corrected chi connectivity index (χ4v) is 7.24. The predicted octanol–water partition coefficient (Wildman–Crippen LogP) is 5.92. The highest BCUT2D eigenvalue weighted by Gasteiger charge is 2.33. The van der Waals surface area contributed by atoms with Crippen LogP contribution in [0.15, 0.2) is 49.0 Å². The molecule has 1 aromatic heterocycles. The molecule has 2 amide bonds. The van der Waals surface area contributed by atoms with E-state index in [1.54, 1.807) is 29.8 Å². The van der Waals surface area contributed by atoms with E-state index < -0.39 is 35.2 Å². The molecule has 2 N–H and O–H groups in total. The highest BCUT2D eigenvalue weighted by molar-refractivity contribution is 6.01. The molecule has 4 heterocycles. The van der Waals surface area contributed by atoms with Crippen LogP contribution in [0, 0.1) is 24.4 Å². The summed E-state index contributed by atoms with van der Waals surface area (Å²) in [4.78, 5) is 40.5. The molecule has 4 aromatic rings. The van der Waals surface area contributed by atoms with Gasteiger partial charge in [0.25, 0.3) is 0 Å². The first-order valence-corrected chi connectivity index (χ1v) is 16.8. The Morgan fingerprint density at radius 2 is 1.72 bits per heavy atom. The van der Waals surface area contributed by atoms with E-state index in [-0.39, 0.29) is 24.0 Å². The average Bonchev–Trinajstić information content (AvgIpc) is 3.34. The maximum atomic E-state index is 15.3. The van der Waals surface area contributed by atoms with E-state index in [1.807, 2.05) is 12.1 Å². The second kappa shape index (κ2) is 13.6.